The van der Waals surface area contributed by atoms with E-state index in [-0.39, 0.29) is 0 Å². The molecule has 0 aliphatic carbocycles. The predicted molar refractivity (Wildman–Crippen MR) is 88.0 cm³/mol. The molecule has 0 amide bonds. The van der Waals surface area contributed by atoms with Crippen LogP contribution in [-0.4, -0.2) is 20.0 Å². The molecule has 0 saturated carbocycles. The van der Waals surface area contributed by atoms with E-state index >= 15 is 0 Å². The number of aromatic amines is 1. The van der Waals surface area contributed by atoms with E-state index in [1.54, 1.807) is 12.4 Å². The van der Waals surface area contributed by atoms with Crippen molar-refractivity contribution in [3.63, 3.8) is 0 Å². The zero-order valence-electron chi connectivity index (χ0n) is 14.4. The molecule has 2 aromatic heterocycles. The van der Waals surface area contributed by atoms with Gasteiger partial charge in [0, 0.05) is 30.3 Å². The standard InChI is InChI=1S/2C6H10N2.2C2H6/c1-6(2)8-5-3-4-7-8;1-5(2)6-3-4-7-8-6;2*1-2/h3-6H,1-2H3;3-5H,1-2H3,(H,7,8);2*1-2H3. The molecule has 0 saturated heterocycles. The summed E-state index contributed by atoms with van der Waals surface area (Å²) in [6.07, 6.45) is 5.53. The van der Waals surface area contributed by atoms with Crippen molar-refractivity contribution in [1.29, 1.82) is 0 Å². The molecule has 0 radical (unpaired) electrons. The van der Waals surface area contributed by atoms with Crippen molar-refractivity contribution in [2.75, 3.05) is 0 Å². The minimum atomic E-state index is 0.491. The van der Waals surface area contributed by atoms with Gasteiger partial charge in [0.25, 0.3) is 0 Å². The first-order valence-corrected chi connectivity index (χ1v) is 7.59. The van der Waals surface area contributed by atoms with Crippen molar-refractivity contribution >= 4 is 0 Å². The molecule has 0 bridgehead atoms. The zero-order chi connectivity index (χ0) is 16.0. The van der Waals surface area contributed by atoms with Crippen molar-refractivity contribution in [3.8, 4) is 0 Å². The molecule has 20 heavy (non-hydrogen) atoms. The summed E-state index contributed by atoms with van der Waals surface area (Å²) >= 11 is 0. The highest BCUT2D eigenvalue weighted by molar-refractivity contribution is 5.01. The second kappa shape index (κ2) is 13.8. The average molecular weight is 280 g/mol. The second-order valence-electron chi connectivity index (χ2n) is 4.25. The van der Waals surface area contributed by atoms with Gasteiger partial charge < -0.3 is 0 Å². The van der Waals surface area contributed by atoms with Crippen LogP contribution in [0.25, 0.3) is 0 Å². The highest BCUT2D eigenvalue weighted by atomic mass is 15.3. The Morgan fingerprint density at radius 2 is 1.60 bits per heavy atom. The minimum absolute atomic E-state index is 0.491. The summed E-state index contributed by atoms with van der Waals surface area (Å²) in [6.45, 7) is 16.5. The number of nitrogens with zero attached hydrogens (tertiary/aromatic N) is 3. The second-order valence-corrected chi connectivity index (χ2v) is 4.25. The van der Waals surface area contributed by atoms with Gasteiger partial charge in [0.2, 0.25) is 0 Å². The van der Waals surface area contributed by atoms with Crippen LogP contribution in [0.3, 0.4) is 0 Å². The molecule has 2 aromatic rings. The molecular weight excluding hydrogens is 248 g/mol. The Hall–Kier alpha value is -1.58. The molecule has 0 aliphatic heterocycles. The van der Waals surface area contributed by atoms with E-state index in [0.717, 1.165) is 0 Å². The van der Waals surface area contributed by atoms with E-state index in [1.807, 2.05) is 50.7 Å². The van der Waals surface area contributed by atoms with E-state index in [1.165, 1.54) is 5.69 Å². The average Bonchev–Trinajstić information content (AvgIpc) is 3.17. The monoisotopic (exact) mass is 280 g/mol. The van der Waals surface area contributed by atoms with Crippen molar-refractivity contribution in [3.05, 3.63) is 36.4 Å². The number of nitrogens with one attached hydrogen (secondary N) is 1. The number of rotatable bonds is 2. The van der Waals surface area contributed by atoms with Gasteiger partial charge in [-0.05, 0) is 31.9 Å². The van der Waals surface area contributed by atoms with Crippen LogP contribution in [0.15, 0.2) is 30.7 Å². The van der Waals surface area contributed by atoms with Crippen LogP contribution >= 0.6 is 0 Å². The van der Waals surface area contributed by atoms with Crippen molar-refractivity contribution in [2.24, 2.45) is 0 Å². The fourth-order valence-corrected chi connectivity index (χ4v) is 1.17. The van der Waals surface area contributed by atoms with Crippen molar-refractivity contribution < 1.29 is 0 Å². The Morgan fingerprint density at radius 1 is 1.00 bits per heavy atom. The molecule has 0 fully saturated rings. The Labute approximate surface area is 124 Å². The van der Waals surface area contributed by atoms with Gasteiger partial charge in [-0.3, -0.25) is 9.78 Å². The van der Waals surface area contributed by atoms with Crippen molar-refractivity contribution in [2.45, 2.75) is 67.3 Å². The van der Waals surface area contributed by atoms with Gasteiger partial charge in [0.05, 0.1) is 0 Å². The Morgan fingerprint density at radius 3 is 1.80 bits per heavy atom. The SMILES string of the molecule is CC.CC.CC(C)c1ccn[nH]1.CC(C)n1cccn1. The third-order valence-corrected chi connectivity index (χ3v) is 2.20. The number of H-pyrrole nitrogens is 1. The van der Waals surface area contributed by atoms with Crippen LogP contribution < -0.4 is 0 Å². The van der Waals surface area contributed by atoms with E-state index in [9.17, 15) is 0 Å². The highest BCUT2D eigenvalue weighted by Gasteiger charge is 1.96. The maximum Gasteiger partial charge on any atom is 0.0490 e. The fraction of sp³-hybridized carbons (Fsp3) is 0.625. The molecule has 1 N–H and O–H groups in total. The summed E-state index contributed by atoms with van der Waals surface area (Å²) in [6, 6.07) is 4.41. The lowest BCUT2D eigenvalue weighted by atomic mass is 10.1. The Balaban J connectivity index is 0. The minimum Gasteiger partial charge on any atom is -0.282 e. The largest absolute Gasteiger partial charge is 0.282 e. The maximum atomic E-state index is 4.03. The number of hydrogen-bond acceptors (Lipinski definition) is 2. The van der Waals surface area contributed by atoms with Gasteiger partial charge in [-0.15, -0.1) is 0 Å². The third-order valence-electron chi connectivity index (χ3n) is 2.20. The molecule has 4 heteroatoms. The quantitative estimate of drug-likeness (QED) is 0.836. The fourth-order valence-electron chi connectivity index (χ4n) is 1.17. The lowest BCUT2D eigenvalue weighted by molar-refractivity contribution is 0.532. The normalized spacial score (nSPS) is 8.90. The zero-order valence-corrected chi connectivity index (χ0v) is 14.4. The molecule has 0 aromatic carbocycles. The topological polar surface area (TPSA) is 46.5 Å². The van der Waals surface area contributed by atoms with Crippen LogP contribution in [0.4, 0.5) is 0 Å². The lowest BCUT2D eigenvalue weighted by Gasteiger charge is -2.01. The van der Waals surface area contributed by atoms with Crippen LogP contribution in [0, 0.1) is 0 Å². The Kier molecular flexibility index (Phi) is 14.3. The molecule has 0 spiro atoms. The summed E-state index contributed by atoms with van der Waals surface area (Å²) in [5.41, 5.74) is 1.20. The molecular formula is C16H32N4. The summed E-state index contributed by atoms with van der Waals surface area (Å²) < 4.78 is 1.92. The van der Waals surface area contributed by atoms with Crippen LogP contribution in [0.2, 0.25) is 0 Å². The molecule has 0 aliphatic rings. The van der Waals surface area contributed by atoms with Gasteiger partial charge in [-0.25, -0.2) is 0 Å². The van der Waals surface area contributed by atoms with E-state index in [0.29, 0.717) is 12.0 Å². The van der Waals surface area contributed by atoms with Crippen LogP contribution in [0.1, 0.15) is 73.0 Å². The first-order valence-electron chi connectivity index (χ1n) is 7.59. The summed E-state index contributed by atoms with van der Waals surface area (Å²) in [5.74, 6) is 0.567. The van der Waals surface area contributed by atoms with Gasteiger partial charge in [-0.1, -0.05) is 41.5 Å². The maximum absolute atomic E-state index is 4.03. The lowest BCUT2D eigenvalue weighted by Crippen LogP contribution is -1.99. The number of hydrogen-bond donors (Lipinski definition) is 1. The van der Waals surface area contributed by atoms with Crippen LogP contribution in [-0.2, 0) is 0 Å². The summed E-state index contributed by atoms with van der Waals surface area (Å²) in [5, 5.41) is 10.7. The van der Waals surface area contributed by atoms with Gasteiger partial charge in [0.1, 0.15) is 0 Å². The molecule has 0 atom stereocenters. The molecule has 2 heterocycles. The van der Waals surface area contributed by atoms with E-state index in [2.05, 4.69) is 43.0 Å². The van der Waals surface area contributed by atoms with Crippen LogP contribution in [0.5, 0.6) is 0 Å². The van der Waals surface area contributed by atoms with Gasteiger partial charge in [0.15, 0.2) is 0 Å². The third kappa shape index (κ3) is 9.36. The van der Waals surface area contributed by atoms with E-state index in [4.69, 9.17) is 0 Å². The molecule has 4 nitrogen and oxygen atoms in total. The van der Waals surface area contributed by atoms with Crippen molar-refractivity contribution in [1.82, 2.24) is 20.0 Å². The predicted octanol–water partition coefficient (Wildman–Crippen LogP) is 5.05. The van der Waals surface area contributed by atoms with Gasteiger partial charge in [-0.2, -0.15) is 10.2 Å². The highest BCUT2D eigenvalue weighted by Crippen LogP contribution is 2.07. The Bertz CT molecular complexity index is 323. The van der Waals surface area contributed by atoms with E-state index < -0.39 is 0 Å². The molecule has 2 rings (SSSR count). The number of aromatic nitrogens is 4. The smallest absolute Gasteiger partial charge is 0.0490 e. The summed E-state index contributed by atoms with van der Waals surface area (Å²) in [7, 11) is 0. The molecule has 116 valence electrons. The first kappa shape index (κ1) is 20.7. The van der Waals surface area contributed by atoms with Gasteiger partial charge >= 0.3 is 0 Å². The summed E-state index contributed by atoms with van der Waals surface area (Å²) in [4.78, 5) is 0. The first-order chi connectivity index (χ1) is 9.61. The molecule has 0 unspecified atom stereocenters.